The first-order valence-corrected chi connectivity index (χ1v) is 13.0. The van der Waals surface area contributed by atoms with Crippen molar-refractivity contribution in [2.75, 3.05) is 23.3 Å². The first-order chi connectivity index (χ1) is 18.4. The fourth-order valence-corrected chi connectivity index (χ4v) is 5.35. The molecule has 0 spiro atoms. The highest BCUT2D eigenvalue weighted by Gasteiger charge is 2.38. The van der Waals surface area contributed by atoms with E-state index in [1.807, 2.05) is 54.6 Å². The van der Waals surface area contributed by atoms with E-state index in [-0.39, 0.29) is 12.0 Å². The Morgan fingerprint density at radius 2 is 1.89 bits per heavy atom. The second-order valence-electron chi connectivity index (χ2n) is 10.5. The van der Waals surface area contributed by atoms with Crippen LogP contribution in [0.15, 0.2) is 73.1 Å². The number of morpholine rings is 1. The van der Waals surface area contributed by atoms with Gasteiger partial charge in [0, 0.05) is 18.1 Å². The molecular weight excluding hydrogens is 474 g/mol. The number of aromatic nitrogens is 2. The van der Waals surface area contributed by atoms with Crippen molar-refractivity contribution in [2.24, 2.45) is 0 Å². The number of ether oxygens (including phenoxy) is 1. The van der Waals surface area contributed by atoms with Crippen molar-refractivity contribution in [3.05, 3.63) is 95.3 Å². The van der Waals surface area contributed by atoms with E-state index in [0.29, 0.717) is 23.6 Å². The fourth-order valence-electron chi connectivity index (χ4n) is 5.35. The van der Waals surface area contributed by atoms with Crippen LogP contribution in [0, 0.1) is 11.3 Å². The molecule has 1 aliphatic heterocycles. The molecule has 1 saturated carbocycles. The van der Waals surface area contributed by atoms with Gasteiger partial charge in [0.1, 0.15) is 11.4 Å². The van der Waals surface area contributed by atoms with Crippen molar-refractivity contribution >= 4 is 28.3 Å². The van der Waals surface area contributed by atoms with Gasteiger partial charge in [-0.2, -0.15) is 5.26 Å². The van der Waals surface area contributed by atoms with Gasteiger partial charge in [0.15, 0.2) is 0 Å². The number of fused-ring (bicyclic) bond motifs is 1. The third kappa shape index (κ3) is 4.71. The molecule has 2 aromatic carbocycles. The maximum Gasteiger partial charge on any atom is 0.257 e. The maximum atomic E-state index is 13.1. The van der Waals surface area contributed by atoms with Gasteiger partial charge in [-0.3, -0.25) is 9.78 Å². The normalized spacial score (nSPS) is 21.2. The van der Waals surface area contributed by atoms with Gasteiger partial charge in [0.25, 0.3) is 5.91 Å². The summed E-state index contributed by atoms with van der Waals surface area (Å²) in [6, 6.07) is 21.6. The lowest BCUT2D eigenvalue weighted by molar-refractivity contribution is -0.0924. The van der Waals surface area contributed by atoms with Crippen LogP contribution in [0.2, 0.25) is 0 Å². The number of pyridine rings is 2. The number of nitriles is 1. The molecule has 38 heavy (non-hydrogen) atoms. The minimum Gasteiger partial charge on any atom is -0.364 e. The standard InChI is InChI=1S/C31H29N5O2/c1-20-18-36(19-31(2,38-20)25-11-7-21(15-32)8-12-25)29-14-26(22-9-10-22)28(17-34-29)35-30(37)24-13-23-5-3-4-6-27(23)33-16-24/h3-8,11-14,16-17,20,22H,9-10,18-19H2,1-2H3,(H,35,37)/t20-,31-/m1/s1. The van der Waals surface area contributed by atoms with Crippen molar-refractivity contribution < 1.29 is 9.53 Å². The minimum atomic E-state index is -0.539. The number of nitrogens with one attached hydrogen (secondary N) is 1. The Kier molecular flexibility index (Phi) is 6.05. The molecule has 1 N–H and O–H groups in total. The van der Waals surface area contributed by atoms with Gasteiger partial charge >= 0.3 is 0 Å². The Labute approximate surface area is 222 Å². The number of rotatable bonds is 5. The summed E-state index contributed by atoms with van der Waals surface area (Å²) in [7, 11) is 0. The van der Waals surface area contributed by atoms with Crippen molar-refractivity contribution in [2.45, 2.75) is 44.3 Å². The number of hydrogen-bond acceptors (Lipinski definition) is 6. The zero-order valence-corrected chi connectivity index (χ0v) is 21.5. The Morgan fingerprint density at radius 1 is 1.11 bits per heavy atom. The van der Waals surface area contributed by atoms with Gasteiger partial charge < -0.3 is 15.0 Å². The quantitative estimate of drug-likeness (QED) is 0.372. The van der Waals surface area contributed by atoms with E-state index in [0.717, 1.165) is 52.9 Å². The Morgan fingerprint density at radius 3 is 2.66 bits per heavy atom. The van der Waals surface area contributed by atoms with Crippen LogP contribution in [-0.2, 0) is 10.3 Å². The van der Waals surface area contributed by atoms with Gasteiger partial charge in [0.05, 0.1) is 47.2 Å². The molecule has 0 radical (unpaired) electrons. The largest absolute Gasteiger partial charge is 0.364 e. The fraction of sp³-hybridized carbons (Fsp3) is 0.290. The molecule has 1 aliphatic carbocycles. The molecule has 3 heterocycles. The molecule has 2 atom stereocenters. The molecule has 0 unspecified atom stereocenters. The van der Waals surface area contributed by atoms with Gasteiger partial charge in [-0.05, 0) is 74.1 Å². The number of anilines is 2. The summed E-state index contributed by atoms with van der Waals surface area (Å²) >= 11 is 0. The van der Waals surface area contributed by atoms with Crippen molar-refractivity contribution in [3.8, 4) is 6.07 Å². The number of carbonyl (C=O) groups is 1. The van der Waals surface area contributed by atoms with Gasteiger partial charge in [-0.25, -0.2) is 4.98 Å². The lowest BCUT2D eigenvalue weighted by Gasteiger charge is -2.44. The van der Waals surface area contributed by atoms with Crippen LogP contribution in [0.3, 0.4) is 0 Å². The van der Waals surface area contributed by atoms with Crippen molar-refractivity contribution in [3.63, 3.8) is 0 Å². The summed E-state index contributed by atoms with van der Waals surface area (Å²) in [5, 5.41) is 13.2. The summed E-state index contributed by atoms with van der Waals surface area (Å²) in [6.45, 7) is 5.51. The summed E-state index contributed by atoms with van der Waals surface area (Å²) in [4.78, 5) is 24.6. The zero-order valence-electron chi connectivity index (χ0n) is 21.5. The van der Waals surface area contributed by atoms with Gasteiger partial charge in [0.2, 0.25) is 0 Å². The van der Waals surface area contributed by atoms with E-state index in [1.165, 1.54) is 0 Å². The number of hydrogen-bond donors (Lipinski definition) is 1. The van der Waals surface area contributed by atoms with E-state index in [1.54, 1.807) is 12.4 Å². The average Bonchev–Trinajstić information content (AvgIpc) is 3.78. The van der Waals surface area contributed by atoms with Crippen LogP contribution in [0.5, 0.6) is 0 Å². The number of amides is 1. The lowest BCUT2D eigenvalue weighted by atomic mass is 9.92. The highest BCUT2D eigenvalue weighted by atomic mass is 16.5. The third-order valence-electron chi connectivity index (χ3n) is 7.42. The summed E-state index contributed by atoms with van der Waals surface area (Å²) in [5.74, 6) is 1.12. The molecule has 7 heteroatoms. The number of para-hydroxylation sites is 1. The molecule has 6 rings (SSSR count). The first kappa shape index (κ1) is 24.1. The Hall–Kier alpha value is -4.28. The second-order valence-corrected chi connectivity index (χ2v) is 10.5. The SMILES string of the molecule is C[C@@H]1CN(c2cc(C3CC3)c(NC(=O)c3cnc4ccccc4c3)cn2)C[C@](C)(c2ccc(C#N)cc2)O1. The monoisotopic (exact) mass is 503 g/mol. The molecule has 190 valence electrons. The molecular formula is C31H29N5O2. The number of benzene rings is 2. The topological polar surface area (TPSA) is 91.1 Å². The van der Waals surface area contributed by atoms with E-state index < -0.39 is 5.60 Å². The highest BCUT2D eigenvalue weighted by molar-refractivity contribution is 6.06. The van der Waals surface area contributed by atoms with Gasteiger partial charge in [-0.15, -0.1) is 0 Å². The van der Waals surface area contributed by atoms with Crippen LogP contribution in [0.4, 0.5) is 11.5 Å². The molecule has 7 nitrogen and oxygen atoms in total. The third-order valence-corrected chi connectivity index (χ3v) is 7.42. The van der Waals surface area contributed by atoms with Crippen LogP contribution >= 0.6 is 0 Å². The van der Waals surface area contributed by atoms with Crippen LogP contribution in [0.25, 0.3) is 10.9 Å². The molecule has 4 aromatic rings. The van der Waals surface area contributed by atoms with Crippen molar-refractivity contribution in [1.82, 2.24) is 9.97 Å². The molecule has 2 aromatic heterocycles. The lowest BCUT2D eigenvalue weighted by Crippen LogP contribution is -2.52. The molecule has 2 fully saturated rings. The van der Waals surface area contributed by atoms with Crippen molar-refractivity contribution in [1.29, 1.82) is 5.26 Å². The number of carbonyl (C=O) groups excluding carboxylic acids is 1. The first-order valence-electron chi connectivity index (χ1n) is 13.0. The van der Waals surface area contributed by atoms with E-state index in [4.69, 9.17) is 15.0 Å². The average molecular weight is 504 g/mol. The molecule has 0 bridgehead atoms. The van der Waals surface area contributed by atoms with Crippen LogP contribution < -0.4 is 10.2 Å². The minimum absolute atomic E-state index is 0.00430. The molecule has 1 amide bonds. The number of nitrogens with zero attached hydrogens (tertiary/aromatic N) is 4. The molecule has 2 aliphatic rings. The summed E-state index contributed by atoms with van der Waals surface area (Å²) < 4.78 is 6.42. The van der Waals surface area contributed by atoms with Crippen LogP contribution in [-0.4, -0.2) is 35.1 Å². The smallest absolute Gasteiger partial charge is 0.257 e. The zero-order chi connectivity index (χ0) is 26.3. The van der Waals surface area contributed by atoms with E-state index in [9.17, 15) is 4.79 Å². The Balaban J connectivity index is 1.26. The highest BCUT2D eigenvalue weighted by Crippen LogP contribution is 2.45. The predicted molar refractivity (Wildman–Crippen MR) is 147 cm³/mol. The van der Waals surface area contributed by atoms with Gasteiger partial charge in [-0.1, -0.05) is 30.3 Å². The molecule has 1 saturated heterocycles. The van der Waals surface area contributed by atoms with E-state index in [2.05, 4.69) is 41.2 Å². The summed E-state index contributed by atoms with van der Waals surface area (Å²) in [6.07, 6.45) is 5.61. The predicted octanol–water partition coefficient (Wildman–Crippen LogP) is 5.77. The Bertz CT molecular complexity index is 1560. The maximum absolute atomic E-state index is 13.1. The summed E-state index contributed by atoms with van der Waals surface area (Å²) in [5.41, 5.74) is 4.38. The second kappa shape index (κ2) is 9.55. The van der Waals surface area contributed by atoms with E-state index >= 15 is 0 Å². The van der Waals surface area contributed by atoms with Crippen LogP contribution in [0.1, 0.15) is 59.7 Å².